The summed E-state index contributed by atoms with van der Waals surface area (Å²) in [6.45, 7) is 2.34. The second-order valence-corrected chi connectivity index (χ2v) is 9.80. The van der Waals surface area contributed by atoms with Crippen molar-refractivity contribution in [1.29, 1.82) is 0 Å². The molecule has 2 heterocycles. The number of nitrogens with one attached hydrogen (secondary N) is 1. The second-order valence-electron chi connectivity index (χ2n) is 9.80. The van der Waals surface area contributed by atoms with Crippen LogP contribution >= 0.6 is 0 Å². The number of amides is 3. The Kier molecular flexibility index (Phi) is 7.93. The third kappa shape index (κ3) is 5.67. The number of hydrogen-bond acceptors (Lipinski definition) is 3. The molecule has 1 aliphatic heterocycles. The minimum Gasteiger partial charge on any atom is -0.497 e. The van der Waals surface area contributed by atoms with Crippen molar-refractivity contribution in [3.05, 3.63) is 102 Å². The van der Waals surface area contributed by atoms with Gasteiger partial charge in [-0.3, -0.25) is 4.79 Å². The Balaban J connectivity index is 1.37. The van der Waals surface area contributed by atoms with Gasteiger partial charge in [-0.15, -0.1) is 0 Å². The minimum atomic E-state index is -4.62. The Hall–Kier alpha value is -4.80. The van der Waals surface area contributed by atoms with E-state index in [4.69, 9.17) is 4.74 Å². The first-order chi connectivity index (χ1) is 20.1. The third-order valence-electron chi connectivity index (χ3n) is 7.26. The van der Waals surface area contributed by atoms with Gasteiger partial charge >= 0.3 is 12.2 Å². The topological polar surface area (TPSA) is 66.8 Å². The van der Waals surface area contributed by atoms with E-state index in [1.54, 1.807) is 66.0 Å². The fraction of sp³-hybridized carbons (Fsp3) is 0.226. The highest BCUT2D eigenvalue weighted by atomic mass is 19.4. The summed E-state index contributed by atoms with van der Waals surface area (Å²) in [6.07, 6.45) is -4.62. The van der Waals surface area contributed by atoms with Gasteiger partial charge in [0.1, 0.15) is 11.6 Å². The molecule has 0 spiro atoms. The molecular formula is C31H28F4N4O3. The zero-order valence-corrected chi connectivity index (χ0v) is 22.9. The maximum absolute atomic E-state index is 15.0. The summed E-state index contributed by atoms with van der Waals surface area (Å²) in [5.41, 5.74) is 1.24. The zero-order chi connectivity index (χ0) is 30.0. The number of nitrogens with zero attached hydrogens (tertiary/aromatic N) is 3. The number of benzene rings is 3. The van der Waals surface area contributed by atoms with Gasteiger partial charge in [0.25, 0.3) is 5.91 Å². The molecule has 0 saturated carbocycles. The van der Waals surface area contributed by atoms with E-state index in [1.165, 1.54) is 29.2 Å². The number of urea groups is 1. The Morgan fingerprint density at radius 3 is 2.21 bits per heavy atom. The SMILES string of the molecule is COc1cccc(-c2cc(C(=O)N3CCN(C(=O)Nc4ccccc4C(F)(F)F)CC3)c(C)n2-c2ccccc2F)c1. The number of rotatable bonds is 5. The van der Waals surface area contributed by atoms with Gasteiger partial charge < -0.3 is 24.4 Å². The molecule has 1 aliphatic rings. The maximum atomic E-state index is 15.0. The second kappa shape index (κ2) is 11.6. The number of halogens is 4. The van der Waals surface area contributed by atoms with Gasteiger partial charge in [0.15, 0.2) is 0 Å². The molecule has 1 N–H and O–H groups in total. The first-order valence-electron chi connectivity index (χ1n) is 13.2. The molecule has 3 aromatic carbocycles. The fourth-order valence-corrected chi connectivity index (χ4v) is 5.08. The highest BCUT2D eigenvalue weighted by Crippen LogP contribution is 2.35. The molecule has 7 nitrogen and oxygen atoms in total. The van der Waals surface area contributed by atoms with Crippen molar-refractivity contribution < 1.29 is 31.9 Å². The fourth-order valence-electron chi connectivity index (χ4n) is 5.08. The summed E-state index contributed by atoms with van der Waals surface area (Å²) in [5, 5.41) is 2.35. The van der Waals surface area contributed by atoms with Gasteiger partial charge in [-0.2, -0.15) is 13.2 Å². The lowest BCUT2D eigenvalue weighted by molar-refractivity contribution is -0.136. The van der Waals surface area contributed by atoms with Crippen LogP contribution in [-0.2, 0) is 6.18 Å². The molecule has 42 heavy (non-hydrogen) atoms. The molecule has 3 amide bonds. The zero-order valence-electron chi connectivity index (χ0n) is 22.9. The van der Waals surface area contributed by atoms with Crippen LogP contribution in [0.25, 0.3) is 16.9 Å². The Morgan fingerprint density at radius 2 is 1.52 bits per heavy atom. The van der Waals surface area contributed by atoms with Crippen LogP contribution in [-0.4, -0.2) is 59.6 Å². The smallest absolute Gasteiger partial charge is 0.418 e. The summed E-state index contributed by atoms with van der Waals surface area (Å²) < 4.78 is 62.1. The highest BCUT2D eigenvalue weighted by molar-refractivity contribution is 5.98. The van der Waals surface area contributed by atoms with E-state index in [-0.39, 0.29) is 43.5 Å². The third-order valence-corrected chi connectivity index (χ3v) is 7.26. The van der Waals surface area contributed by atoms with E-state index in [2.05, 4.69) is 5.32 Å². The molecule has 1 aromatic heterocycles. The van der Waals surface area contributed by atoms with Crippen LogP contribution in [0.1, 0.15) is 21.6 Å². The number of hydrogen-bond donors (Lipinski definition) is 1. The molecule has 0 aliphatic carbocycles. The van der Waals surface area contributed by atoms with E-state index < -0.39 is 23.6 Å². The van der Waals surface area contributed by atoms with Gasteiger partial charge in [-0.05, 0) is 49.4 Å². The number of aromatic nitrogens is 1. The van der Waals surface area contributed by atoms with Crippen molar-refractivity contribution in [2.45, 2.75) is 13.1 Å². The van der Waals surface area contributed by atoms with E-state index in [0.717, 1.165) is 11.6 Å². The average molecular weight is 581 g/mol. The Morgan fingerprint density at radius 1 is 0.857 bits per heavy atom. The van der Waals surface area contributed by atoms with Gasteiger partial charge in [-0.1, -0.05) is 36.4 Å². The van der Waals surface area contributed by atoms with Gasteiger partial charge in [-0.25, -0.2) is 9.18 Å². The molecular weight excluding hydrogens is 552 g/mol. The molecule has 0 unspecified atom stereocenters. The van der Waals surface area contributed by atoms with Crippen molar-refractivity contribution >= 4 is 17.6 Å². The van der Waals surface area contributed by atoms with Gasteiger partial charge in [0.2, 0.25) is 0 Å². The molecule has 218 valence electrons. The van der Waals surface area contributed by atoms with Crippen LogP contribution in [0.2, 0.25) is 0 Å². The monoisotopic (exact) mass is 580 g/mol. The van der Waals surface area contributed by atoms with E-state index >= 15 is 0 Å². The Labute approximate surface area is 239 Å². The lowest BCUT2D eigenvalue weighted by Gasteiger charge is -2.35. The maximum Gasteiger partial charge on any atom is 0.418 e. The quantitative estimate of drug-likeness (QED) is 0.270. The summed E-state index contributed by atoms with van der Waals surface area (Å²) >= 11 is 0. The van der Waals surface area contributed by atoms with Crippen LogP contribution in [0.5, 0.6) is 5.75 Å². The number of methoxy groups -OCH3 is 1. The Bertz CT molecular complexity index is 1620. The molecule has 0 atom stereocenters. The number of carbonyl (C=O) groups is 2. The van der Waals surface area contributed by atoms with Crippen LogP contribution in [0.4, 0.5) is 28.0 Å². The largest absolute Gasteiger partial charge is 0.497 e. The highest BCUT2D eigenvalue weighted by Gasteiger charge is 2.34. The van der Waals surface area contributed by atoms with E-state index in [1.807, 2.05) is 6.07 Å². The number of alkyl halides is 3. The average Bonchev–Trinajstić information content (AvgIpc) is 3.33. The summed E-state index contributed by atoms with van der Waals surface area (Å²) in [6, 6.07) is 19.3. The van der Waals surface area contributed by atoms with Crippen LogP contribution < -0.4 is 10.1 Å². The van der Waals surface area contributed by atoms with Crippen LogP contribution in [0.15, 0.2) is 78.9 Å². The molecule has 1 saturated heterocycles. The summed E-state index contributed by atoms with van der Waals surface area (Å²) in [4.78, 5) is 29.5. The van der Waals surface area contributed by atoms with Crippen molar-refractivity contribution in [1.82, 2.24) is 14.4 Å². The lowest BCUT2D eigenvalue weighted by atomic mass is 10.1. The van der Waals surface area contributed by atoms with Crippen molar-refractivity contribution in [2.75, 3.05) is 38.6 Å². The first-order valence-corrected chi connectivity index (χ1v) is 13.2. The number of ether oxygens (including phenoxy) is 1. The predicted octanol–water partition coefficient (Wildman–Crippen LogP) is 6.61. The van der Waals surface area contributed by atoms with Crippen molar-refractivity contribution in [2.24, 2.45) is 0 Å². The molecule has 11 heteroatoms. The van der Waals surface area contributed by atoms with E-state index in [9.17, 15) is 27.2 Å². The normalized spacial score (nSPS) is 13.7. The number of anilines is 1. The van der Waals surface area contributed by atoms with Crippen LogP contribution in [0.3, 0.4) is 0 Å². The minimum absolute atomic E-state index is 0.127. The number of carbonyl (C=O) groups excluding carboxylic acids is 2. The molecule has 1 fully saturated rings. The number of para-hydroxylation sites is 2. The standard InChI is InChI=1S/C31H28F4N4O3/c1-20-23(19-28(21-8-7-9-22(18-21)42-2)39(20)27-13-6-4-11-25(27)32)29(40)37-14-16-38(17-15-37)30(41)36-26-12-5-3-10-24(26)31(33,34)35/h3-13,18-19H,14-17H2,1-2H3,(H,36,41). The van der Waals surface area contributed by atoms with Crippen molar-refractivity contribution in [3.8, 4) is 22.7 Å². The van der Waals surface area contributed by atoms with Gasteiger partial charge in [0.05, 0.1) is 35.3 Å². The van der Waals surface area contributed by atoms with Crippen LogP contribution in [0, 0.1) is 12.7 Å². The van der Waals surface area contributed by atoms with Crippen molar-refractivity contribution in [3.63, 3.8) is 0 Å². The molecule has 4 aromatic rings. The van der Waals surface area contributed by atoms with E-state index in [0.29, 0.717) is 22.7 Å². The summed E-state index contributed by atoms with van der Waals surface area (Å²) in [7, 11) is 1.55. The predicted molar refractivity (Wildman–Crippen MR) is 150 cm³/mol. The lowest BCUT2D eigenvalue weighted by Crippen LogP contribution is -2.51. The first kappa shape index (κ1) is 28.7. The summed E-state index contributed by atoms with van der Waals surface area (Å²) in [5.74, 6) is -0.146. The van der Waals surface area contributed by atoms with Gasteiger partial charge in [0, 0.05) is 37.4 Å². The molecule has 0 radical (unpaired) electrons. The molecule has 5 rings (SSSR count). The number of piperazine rings is 1. The molecule has 0 bridgehead atoms.